The van der Waals surface area contributed by atoms with Crippen LogP contribution in [0.3, 0.4) is 0 Å². The number of aryl methyl sites for hydroxylation is 1. The minimum Gasteiger partial charge on any atom is -0.507 e. The fourth-order valence-electron chi connectivity index (χ4n) is 3.41. The van der Waals surface area contributed by atoms with Gasteiger partial charge in [0.15, 0.2) is 5.82 Å². The highest BCUT2D eigenvalue weighted by molar-refractivity contribution is 6.32. The molecular weight excluding hydrogens is 434 g/mol. The number of aromatic nitrogens is 4. The summed E-state index contributed by atoms with van der Waals surface area (Å²) in [6, 6.07) is 12.4. The average molecular weight is 454 g/mol. The van der Waals surface area contributed by atoms with E-state index in [0.29, 0.717) is 17.3 Å². The van der Waals surface area contributed by atoms with Crippen molar-refractivity contribution in [2.45, 2.75) is 6.54 Å². The van der Waals surface area contributed by atoms with Crippen LogP contribution in [0.5, 0.6) is 17.5 Å². The lowest BCUT2D eigenvalue weighted by Crippen LogP contribution is -2.27. The van der Waals surface area contributed by atoms with Crippen LogP contribution in [0, 0.1) is 0 Å². The van der Waals surface area contributed by atoms with E-state index in [1.165, 1.54) is 15.5 Å². The van der Waals surface area contributed by atoms with E-state index in [9.17, 15) is 20.1 Å². The first-order valence-corrected chi connectivity index (χ1v) is 9.97. The van der Waals surface area contributed by atoms with E-state index in [4.69, 9.17) is 11.6 Å². The number of halogens is 1. The Labute approximate surface area is 188 Å². The van der Waals surface area contributed by atoms with Crippen LogP contribution in [0.1, 0.15) is 16.1 Å². The first-order chi connectivity index (χ1) is 15.3. The van der Waals surface area contributed by atoms with Gasteiger partial charge in [-0.2, -0.15) is 0 Å². The highest BCUT2D eigenvalue weighted by Crippen LogP contribution is 2.38. The number of phenolic OH excluding ortho intramolecular Hbond substituents is 2. The number of carbonyl (C=O) groups excluding carboxylic acids is 1. The molecule has 3 N–H and O–H groups in total. The quantitative estimate of drug-likeness (QED) is 0.427. The Hall–Kier alpha value is -3.98. The fourth-order valence-corrected chi connectivity index (χ4v) is 3.63. The van der Waals surface area contributed by atoms with Crippen LogP contribution in [0.2, 0.25) is 5.02 Å². The van der Waals surface area contributed by atoms with Crippen molar-refractivity contribution in [1.82, 2.24) is 24.2 Å². The van der Waals surface area contributed by atoms with E-state index in [1.54, 1.807) is 31.3 Å². The van der Waals surface area contributed by atoms with Crippen LogP contribution in [0.25, 0.3) is 17.1 Å². The second kappa shape index (κ2) is 8.27. The van der Waals surface area contributed by atoms with Crippen LogP contribution in [-0.2, 0) is 13.6 Å². The zero-order chi connectivity index (χ0) is 23.0. The van der Waals surface area contributed by atoms with E-state index < -0.39 is 11.9 Å². The van der Waals surface area contributed by atoms with Gasteiger partial charge in [0.2, 0.25) is 0 Å². The maximum absolute atomic E-state index is 13.1. The average Bonchev–Trinajstić information content (AvgIpc) is 3.33. The van der Waals surface area contributed by atoms with Gasteiger partial charge in [-0.25, -0.2) is 4.57 Å². The summed E-state index contributed by atoms with van der Waals surface area (Å²) in [5.74, 6) is -1.14. The van der Waals surface area contributed by atoms with Crippen molar-refractivity contribution in [3.05, 3.63) is 71.0 Å². The maximum Gasteiger partial charge on any atom is 0.319 e. The third-order valence-corrected chi connectivity index (χ3v) is 5.44. The number of amides is 1. The van der Waals surface area contributed by atoms with Crippen molar-refractivity contribution >= 4 is 17.5 Å². The number of carbonyl (C=O) groups is 1. The molecule has 32 heavy (non-hydrogen) atoms. The number of phenols is 2. The first kappa shape index (κ1) is 21.3. The molecule has 164 valence electrons. The van der Waals surface area contributed by atoms with Crippen LogP contribution in [0.4, 0.5) is 0 Å². The standard InChI is InChI=1S/C22H20ClN5O4/c1-26-9-5-6-13(26)12-27(2)21(31)15-10-14(18(29)11-19(15)30)20-24-25-22(32)28(20)17-8-4-3-7-16(17)23/h3-11,29-30H,12H2,1-2H3,(H,25,32). The molecule has 0 unspecified atom stereocenters. The number of para-hydroxylation sites is 1. The van der Waals surface area contributed by atoms with Gasteiger partial charge in [0.1, 0.15) is 11.5 Å². The lowest BCUT2D eigenvalue weighted by Gasteiger charge is -2.19. The van der Waals surface area contributed by atoms with Crippen molar-refractivity contribution in [2.75, 3.05) is 7.05 Å². The van der Waals surface area contributed by atoms with Gasteiger partial charge in [-0.1, -0.05) is 28.8 Å². The van der Waals surface area contributed by atoms with Gasteiger partial charge < -0.3 is 24.8 Å². The molecule has 2 heterocycles. The number of hydrogen-bond donors (Lipinski definition) is 3. The van der Waals surface area contributed by atoms with Crippen LogP contribution >= 0.6 is 11.6 Å². The number of nitrogens with zero attached hydrogens (tertiary/aromatic N) is 5. The van der Waals surface area contributed by atoms with E-state index >= 15 is 0 Å². The Kier molecular flexibility index (Phi) is 5.50. The third-order valence-electron chi connectivity index (χ3n) is 5.12. The van der Waals surface area contributed by atoms with Crippen LogP contribution in [0.15, 0.2) is 54.7 Å². The summed E-state index contributed by atoms with van der Waals surface area (Å²) in [6.07, 6.45) is 1.87. The van der Waals surface area contributed by atoms with Crippen molar-refractivity contribution < 1.29 is 20.1 Å². The lowest BCUT2D eigenvalue weighted by molar-refractivity contribution is 0.0779. The van der Waals surface area contributed by atoms with Gasteiger partial charge in [-0.3, -0.25) is 4.79 Å². The van der Waals surface area contributed by atoms with Gasteiger partial charge in [0.05, 0.1) is 28.4 Å². The second-order valence-electron chi connectivity index (χ2n) is 7.27. The Morgan fingerprint density at radius 3 is 2.50 bits per heavy atom. The summed E-state index contributed by atoms with van der Waals surface area (Å²) in [6.45, 7) is 0.314. The number of rotatable bonds is 5. The molecule has 10 heteroatoms. The van der Waals surface area contributed by atoms with Crippen LogP contribution < -0.4 is 0 Å². The minimum atomic E-state index is -0.460. The zero-order valence-electron chi connectivity index (χ0n) is 17.3. The second-order valence-corrected chi connectivity index (χ2v) is 7.68. The molecule has 0 aliphatic carbocycles. The highest BCUT2D eigenvalue weighted by Gasteiger charge is 2.24. The summed E-state index contributed by atoms with van der Waals surface area (Å²) in [7, 11) is 3.48. The normalized spacial score (nSPS) is 11.0. The van der Waals surface area contributed by atoms with E-state index in [2.05, 4.69) is 10.2 Å². The number of benzene rings is 2. The van der Waals surface area contributed by atoms with Gasteiger partial charge in [-0.05, 0) is 30.3 Å². The molecule has 0 aliphatic heterocycles. The first-order valence-electron chi connectivity index (χ1n) is 9.59. The Balaban J connectivity index is 1.77. The molecule has 0 atom stereocenters. The molecule has 4 aromatic rings. The molecule has 0 aliphatic rings. The molecule has 0 spiro atoms. The number of hydrogen-bond acceptors (Lipinski definition) is 6. The molecule has 0 saturated heterocycles. The van der Waals surface area contributed by atoms with Crippen molar-refractivity contribution in [1.29, 1.82) is 0 Å². The highest BCUT2D eigenvalue weighted by atomic mass is 35.5. The topological polar surface area (TPSA) is 117 Å². The van der Waals surface area contributed by atoms with Gasteiger partial charge in [-0.15, -0.1) is 5.10 Å². The largest absolute Gasteiger partial charge is 0.507 e. The Morgan fingerprint density at radius 1 is 1.06 bits per heavy atom. The molecule has 4 rings (SSSR count). The van der Waals surface area contributed by atoms with Crippen LogP contribution in [-0.4, -0.2) is 52.5 Å². The summed E-state index contributed by atoms with van der Waals surface area (Å²) >= 11 is 6.26. The summed E-state index contributed by atoms with van der Waals surface area (Å²) in [5.41, 5.74) is 1.34. The third kappa shape index (κ3) is 3.74. The monoisotopic (exact) mass is 453 g/mol. The van der Waals surface area contributed by atoms with Gasteiger partial charge in [0, 0.05) is 32.1 Å². The van der Waals surface area contributed by atoms with Crippen molar-refractivity contribution in [3.63, 3.8) is 0 Å². The molecule has 2 aromatic carbocycles. The minimum absolute atomic E-state index is 0.0392. The van der Waals surface area contributed by atoms with Crippen molar-refractivity contribution in [2.24, 2.45) is 7.05 Å². The maximum atomic E-state index is 13.1. The molecule has 0 fully saturated rings. The number of aromatic hydroxyl groups is 3. The molecule has 2 aromatic heterocycles. The summed E-state index contributed by atoms with van der Waals surface area (Å²) in [5, 5.41) is 39.1. The molecule has 9 nitrogen and oxygen atoms in total. The van der Waals surface area contributed by atoms with E-state index in [-0.39, 0.29) is 28.5 Å². The smallest absolute Gasteiger partial charge is 0.319 e. The lowest BCUT2D eigenvalue weighted by atomic mass is 10.1. The molecule has 0 saturated carbocycles. The SMILES string of the molecule is CN(Cc1cccn1C)C(=O)c1cc(-c2nnc(O)n2-c2ccccc2Cl)c(O)cc1O. The fraction of sp³-hybridized carbons (Fsp3) is 0.136. The molecule has 0 bridgehead atoms. The van der Waals surface area contributed by atoms with Gasteiger partial charge in [0.25, 0.3) is 5.91 Å². The molecule has 0 radical (unpaired) electrons. The molecule has 1 amide bonds. The Morgan fingerprint density at radius 2 is 1.81 bits per heavy atom. The Bertz CT molecular complexity index is 1310. The summed E-state index contributed by atoms with van der Waals surface area (Å²) in [4.78, 5) is 14.5. The zero-order valence-corrected chi connectivity index (χ0v) is 18.0. The molecular formula is C22H20ClN5O4. The summed E-state index contributed by atoms with van der Waals surface area (Å²) < 4.78 is 3.14. The predicted octanol–water partition coefficient (Wildman–Crippen LogP) is 3.32. The predicted molar refractivity (Wildman–Crippen MR) is 118 cm³/mol. The van der Waals surface area contributed by atoms with Gasteiger partial charge >= 0.3 is 6.01 Å². The van der Waals surface area contributed by atoms with E-state index in [0.717, 1.165) is 11.8 Å². The van der Waals surface area contributed by atoms with E-state index in [1.807, 2.05) is 29.9 Å². The van der Waals surface area contributed by atoms with Crippen molar-refractivity contribution in [3.8, 4) is 34.6 Å².